The average Bonchev–Trinajstić information content (AvgIpc) is 2.19. The molecule has 0 unspecified atom stereocenters. The molecule has 1 saturated heterocycles. The third kappa shape index (κ3) is 3.98. The maximum atomic E-state index is 3.72. The predicted octanol–water partition coefficient (Wildman–Crippen LogP) is 1.32. The minimum atomic E-state index is 1.08. The van der Waals surface area contributed by atoms with Gasteiger partial charge < -0.3 is 5.32 Å². The van der Waals surface area contributed by atoms with Crippen LogP contribution in [0.3, 0.4) is 0 Å². The van der Waals surface area contributed by atoms with E-state index < -0.39 is 0 Å². The van der Waals surface area contributed by atoms with Gasteiger partial charge in [0.2, 0.25) is 0 Å². The Balaban J connectivity index is 2.35. The fraction of sp³-hybridized carbons (Fsp3) is 0.600. The molecule has 0 aromatic rings. The van der Waals surface area contributed by atoms with Gasteiger partial charge in [-0.15, -0.1) is 11.8 Å². The number of piperazine rings is 1. The van der Waals surface area contributed by atoms with E-state index >= 15 is 0 Å². The molecule has 0 radical (unpaired) electrons. The van der Waals surface area contributed by atoms with Crippen molar-refractivity contribution >= 4 is 11.8 Å². The van der Waals surface area contributed by atoms with Crippen molar-refractivity contribution in [2.75, 3.05) is 39.0 Å². The quantitative estimate of drug-likeness (QED) is 0.686. The Bertz CT molecular complexity index is 183. The number of nitrogens with one attached hydrogen (secondary N) is 1. The SMILES string of the molecule is C=C/C=C(/CN1CCNCC1)SC. The lowest BCUT2D eigenvalue weighted by atomic mass is 10.3. The molecule has 1 N–H and O–H groups in total. The first kappa shape index (κ1) is 10.8. The lowest BCUT2D eigenvalue weighted by molar-refractivity contribution is 0.263. The first-order valence-electron chi connectivity index (χ1n) is 4.65. The molecule has 0 aliphatic carbocycles. The normalized spacial score (nSPS) is 20.2. The topological polar surface area (TPSA) is 15.3 Å². The van der Waals surface area contributed by atoms with Crippen molar-refractivity contribution in [3.8, 4) is 0 Å². The molecule has 3 heteroatoms. The van der Waals surface area contributed by atoms with Gasteiger partial charge in [-0.05, 0) is 11.2 Å². The van der Waals surface area contributed by atoms with E-state index in [9.17, 15) is 0 Å². The second kappa shape index (κ2) is 6.24. The third-order valence-electron chi connectivity index (χ3n) is 2.15. The zero-order valence-electron chi connectivity index (χ0n) is 8.25. The third-order valence-corrected chi connectivity index (χ3v) is 2.94. The summed E-state index contributed by atoms with van der Waals surface area (Å²) in [5.74, 6) is 0. The van der Waals surface area contributed by atoms with E-state index in [0.29, 0.717) is 0 Å². The maximum absolute atomic E-state index is 3.72. The summed E-state index contributed by atoms with van der Waals surface area (Å²) in [4.78, 5) is 3.87. The van der Waals surface area contributed by atoms with Gasteiger partial charge in [-0.25, -0.2) is 0 Å². The van der Waals surface area contributed by atoms with Gasteiger partial charge in [-0.2, -0.15) is 0 Å². The number of rotatable bonds is 4. The molecule has 0 bridgehead atoms. The van der Waals surface area contributed by atoms with E-state index in [4.69, 9.17) is 0 Å². The van der Waals surface area contributed by atoms with Crippen LogP contribution < -0.4 is 5.32 Å². The summed E-state index contributed by atoms with van der Waals surface area (Å²) in [6.45, 7) is 9.36. The standard InChI is InChI=1S/C10H18N2S/c1-3-4-10(13-2)9-12-7-5-11-6-8-12/h3-4,11H,1,5-9H2,2H3/b10-4-. The highest BCUT2D eigenvalue weighted by Gasteiger charge is 2.09. The first-order valence-corrected chi connectivity index (χ1v) is 5.88. The Morgan fingerprint density at radius 3 is 2.77 bits per heavy atom. The van der Waals surface area contributed by atoms with Crippen LogP contribution in [0.25, 0.3) is 0 Å². The van der Waals surface area contributed by atoms with Gasteiger partial charge in [0.25, 0.3) is 0 Å². The number of thioether (sulfide) groups is 1. The molecule has 1 heterocycles. The number of nitrogens with zero attached hydrogens (tertiary/aromatic N) is 1. The summed E-state index contributed by atoms with van der Waals surface area (Å²) in [5.41, 5.74) is 0. The van der Waals surface area contributed by atoms with E-state index in [2.05, 4.69) is 29.1 Å². The largest absolute Gasteiger partial charge is 0.314 e. The lowest BCUT2D eigenvalue weighted by Gasteiger charge is -2.27. The van der Waals surface area contributed by atoms with E-state index in [1.807, 2.05) is 17.8 Å². The minimum Gasteiger partial charge on any atom is -0.314 e. The van der Waals surface area contributed by atoms with Crippen molar-refractivity contribution in [2.45, 2.75) is 0 Å². The Morgan fingerprint density at radius 2 is 2.23 bits per heavy atom. The fourth-order valence-corrected chi connectivity index (χ4v) is 1.95. The van der Waals surface area contributed by atoms with Gasteiger partial charge in [0.15, 0.2) is 0 Å². The highest BCUT2D eigenvalue weighted by Crippen LogP contribution is 2.13. The van der Waals surface area contributed by atoms with Crippen LogP contribution in [0.5, 0.6) is 0 Å². The van der Waals surface area contributed by atoms with Crippen molar-refractivity contribution in [1.82, 2.24) is 10.2 Å². The van der Waals surface area contributed by atoms with Gasteiger partial charge in [0.05, 0.1) is 0 Å². The number of hydrogen-bond donors (Lipinski definition) is 1. The predicted molar refractivity (Wildman–Crippen MR) is 61.1 cm³/mol. The molecular weight excluding hydrogens is 180 g/mol. The van der Waals surface area contributed by atoms with Gasteiger partial charge >= 0.3 is 0 Å². The van der Waals surface area contributed by atoms with Crippen molar-refractivity contribution < 1.29 is 0 Å². The number of hydrogen-bond acceptors (Lipinski definition) is 3. The Kier molecular flexibility index (Phi) is 5.20. The summed E-state index contributed by atoms with van der Waals surface area (Å²) < 4.78 is 0. The van der Waals surface area contributed by atoms with Crippen LogP contribution in [0.1, 0.15) is 0 Å². The Morgan fingerprint density at radius 1 is 1.54 bits per heavy atom. The second-order valence-corrected chi connectivity index (χ2v) is 4.03. The Labute approximate surface area is 85.1 Å². The molecule has 0 atom stereocenters. The molecule has 0 saturated carbocycles. The average molecular weight is 198 g/mol. The fourth-order valence-electron chi connectivity index (χ4n) is 1.41. The molecule has 74 valence electrons. The maximum Gasteiger partial charge on any atom is 0.0294 e. The first-order chi connectivity index (χ1) is 6.36. The summed E-state index contributed by atoms with van der Waals surface area (Å²) in [7, 11) is 0. The smallest absolute Gasteiger partial charge is 0.0294 e. The summed E-state index contributed by atoms with van der Waals surface area (Å²) >= 11 is 1.82. The molecule has 2 nitrogen and oxygen atoms in total. The van der Waals surface area contributed by atoms with Gasteiger partial charge in [0.1, 0.15) is 0 Å². The van der Waals surface area contributed by atoms with Gasteiger partial charge in [-0.3, -0.25) is 4.90 Å². The molecular formula is C10H18N2S. The summed E-state index contributed by atoms with van der Waals surface area (Å²) in [6.07, 6.45) is 6.10. The number of allylic oxidation sites excluding steroid dienone is 2. The van der Waals surface area contributed by atoms with Crippen molar-refractivity contribution in [1.29, 1.82) is 0 Å². The molecule has 0 aromatic carbocycles. The van der Waals surface area contributed by atoms with Crippen molar-refractivity contribution in [3.63, 3.8) is 0 Å². The van der Waals surface area contributed by atoms with Crippen LogP contribution in [0.2, 0.25) is 0 Å². The lowest BCUT2D eigenvalue weighted by Crippen LogP contribution is -2.43. The van der Waals surface area contributed by atoms with Gasteiger partial charge in [-0.1, -0.05) is 18.7 Å². The van der Waals surface area contributed by atoms with Crippen LogP contribution in [-0.4, -0.2) is 43.9 Å². The molecule has 0 aromatic heterocycles. The van der Waals surface area contributed by atoms with Crippen LogP contribution in [-0.2, 0) is 0 Å². The highest BCUT2D eigenvalue weighted by atomic mass is 32.2. The van der Waals surface area contributed by atoms with Crippen molar-refractivity contribution in [3.05, 3.63) is 23.6 Å². The van der Waals surface area contributed by atoms with Crippen LogP contribution >= 0.6 is 11.8 Å². The van der Waals surface area contributed by atoms with Crippen LogP contribution in [0, 0.1) is 0 Å². The van der Waals surface area contributed by atoms with E-state index in [0.717, 1.165) is 32.7 Å². The Hall–Kier alpha value is -0.250. The van der Waals surface area contributed by atoms with Gasteiger partial charge in [0, 0.05) is 32.7 Å². The monoisotopic (exact) mass is 198 g/mol. The van der Waals surface area contributed by atoms with E-state index in [1.54, 1.807) is 0 Å². The van der Waals surface area contributed by atoms with Crippen molar-refractivity contribution in [2.24, 2.45) is 0 Å². The molecule has 1 aliphatic heterocycles. The van der Waals surface area contributed by atoms with Crippen LogP contribution in [0.15, 0.2) is 23.6 Å². The summed E-state index contributed by atoms with van der Waals surface area (Å²) in [5, 5.41) is 3.35. The second-order valence-electron chi connectivity index (χ2n) is 3.10. The van der Waals surface area contributed by atoms with Crippen LogP contribution in [0.4, 0.5) is 0 Å². The molecule has 0 amide bonds. The van der Waals surface area contributed by atoms with E-state index in [1.165, 1.54) is 4.91 Å². The zero-order valence-corrected chi connectivity index (χ0v) is 9.07. The molecule has 1 rings (SSSR count). The molecule has 13 heavy (non-hydrogen) atoms. The molecule has 1 fully saturated rings. The summed E-state index contributed by atoms with van der Waals surface area (Å²) in [6, 6.07) is 0. The molecule has 0 spiro atoms. The highest BCUT2D eigenvalue weighted by molar-refractivity contribution is 8.02. The molecule has 1 aliphatic rings. The minimum absolute atomic E-state index is 1.08. The van der Waals surface area contributed by atoms with E-state index in [-0.39, 0.29) is 0 Å². The zero-order chi connectivity index (χ0) is 9.52.